The maximum atomic E-state index is 6.05. The zero-order valence-electron chi connectivity index (χ0n) is 8.20. The van der Waals surface area contributed by atoms with E-state index in [0.717, 1.165) is 22.6 Å². The van der Waals surface area contributed by atoms with Crippen LogP contribution in [0.5, 0.6) is 0 Å². The molecule has 2 nitrogen and oxygen atoms in total. The Balaban J connectivity index is 2.54. The van der Waals surface area contributed by atoms with E-state index in [4.69, 9.17) is 23.2 Å². The molecule has 0 saturated carbocycles. The molecule has 0 aliphatic heterocycles. The molecule has 0 saturated heterocycles. The van der Waals surface area contributed by atoms with E-state index >= 15 is 0 Å². The van der Waals surface area contributed by atoms with Gasteiger partial charge in [0.15, 0.2) is 10.1 Å². The lowest BCUT2D eigenvalue weighted by Gasteiger charge is -1.98. The van der Waals surface area contributed by atoms with Crippen molar-refractivity contribution in [1.29, 1.82) is 0 Å². The van der Waals surface area contributed by atoms with Crippen molar-refractivity contribution in [2.75, 3.05) is 5.88 Å². The van der Waals surface area contributed by atoms with Crippen LogP contribution in [-0.4, -0.2) is 15.3 Å². The van der Waals surface area contributed by atoms with Crippen LogP contribution in [0.1, 0.15) is 19.0 Å². The van der Waals surface area contributed by atoms with E-state index in [1.807, 2.05) is 22.1 Å². The van der Waals surface area contributed by atoms with E-state index < -0.39 is 0 Å². The lowest BCUT2D eigenvalue weighted by Crippen LogP contribution is -1.86. The lowest BCUT2D eigenvalue weighted by molar-refractivity contribution is 1.11. The molecule has 0 spiro atoms. The van der Waals surface area contributed by atoms with E-state index in [-0.39, 0.29) is 0 Å². The number of rotatable bonds is 3. The molecule has 2 heterocycles. The molecular formula is C10H10Cl2N2S. The molecule has 0 N–H and O–H groups in total. The maximum absolute atomic E-state index is 6.05. The summed E-state index contributed by atoms with van der Waals surface area (Å²) in [5.74, 6) is 0.532. The third-order valence-corrected chi connectivity index (χ3v) is 3.60. The van der Waals surface area contributed by atoms with Gasteiger partial charge in [-0.05, 0) is 12.5 Å². The minimum atomic E-state index is 0.532. The van der Waals surface area contributed by atoms with Gasteiger partial charge in [-0.3, -0.25) is 4.40 Å². The first-order chi connectivity index (χ1) is 7.26. The van der Waals surface area contributed by atoms with Gasteiger partial charge in [-0.1, -0.05) is 24.1 Å². The van der Waals surface area contributed by atoms with Crippen molar-refractivity contribution in [1.82, 2.24) is 9.38 Å². The Morgan fingerprint density at radius 1 is 1.67 bits per heavy atom. The quantitative estimate of drug-likeness (QED) is 0.761. The first kappa shape index (κ1) is 11.0. The van der Waals surface area contributed by atoms with Crippen molar-refractivity contribution in [2.45, 2.75) is 13.3 Å². The zero-order valence-corrected chi connectivity index (χ0v) is 10.5. The number of allylic oxidation sites excluding steroid dienone is 1. The van der Waals surface area contributed by atoms with Gasteiger partial charge in [-0.15, -0.1) is 22.9 Å². The summed E-state index contributed by atoms with van der Waals surface area (Å²) < 4.78 is 1.98. The fourth-order valence-electron chi connectivity index (χ4n) is 1.33. The van der Waals surface area contributed by atoms with Crippen LogP contribution < -0.4 is 0 Å². The van der Waals surface area contributed by atoms with Crippen molar-refractivity contribution in [3.05, 3.63) is 28.0 Å². The third-order valence-electron chi connectivity index (χ3n) is 2.22. The molecule has 0 fully saturated rings. The Morgan fingerprint density at radius 3 is 3.13 bits per heavy atom. The smallest absolute Gasteiger partial charge is 0.195 e. The second kappa shape index (κ2) is 4.56. The number of nitrogens with zero attached hydrogens (tertiary/aromatic N) is 2. The van der Waals surface area contributed by atoms with Crippen molar-refractivity contribution in [2.24, 2.45) is 0 Å². The van der Waals surface area contributed by atoms with Crippen LogP contribution in [0, 0.1) is 0 Å². The Kier molecular flexibility index (Phi) is 3.34. The molecule has 0 bridgehead atoms. The van der Waals surface area contributed by atoms with Gasteiger partial charge in [0, 0.05) is 17.5 Å². The van der Waals surface area contributed by atoms with Gasteiger partial charge in [0.1, 0.15) is 0 Å². The summed E-state index contributed by atoms with van der Waals surface area (Å²) in [6.45, 7) is 2.08. The molecule has 15 heavy (non-hydrogen) atoms. The first-order valence-electron chi connectivity index (χ1n) is 4.62. The third kappa shape index (κ3) is 2.05. The second-order valence-corrected chi connectivity index (χ2v) is 4.63. The number of alkyl halides is 1. The molecule has 0 amide bonds. The summed E-state index contributed by atoms with van der Waals surface area (Å²) in [7, 11) is 0. The SMILES string of the molecule is CC/C(=C/c1c(Cl)nc2sccn12)CCl. The topological polar surface area (TPSA) is 17.3 Å². The number of halogens is 2. The predicted octanol–water partition coefficient (Wildman–Crippen LogP) is 4.08. The van der Waals surface area contributed by atoms with Crippen LogP contribution >= 0.6 is 34.5 Å². The average Bonchev–Trinajstić information content (AvgIpc) is 2.77. The lowest BCUT2D eigenvalue weighted by atomic mass is 10.2. The molecule has 0 aromatic carbocycles. The van der Waals surface area contributed by atoms with Crippen molar-refractivity contribution >= 4 is 45.6 Å². The molecule has 2 aromatic heterocycles. The standard InChI is InChI=1S/C10H10Cl2N2S/c1-2-7(6-11)5-8-9(12)13-10-14(8)3-4-15-10/h3-5H,2,6H2,1H3/b7-5-. The van der Waals surface area contributed by atoms with Crippen LogP contribution in [0.25, 0.3) is 11.0 Å². The van der Waals surface area contributed by atoms with Crippen molar-refractivity contribution < 1.29 is 0 Å². The van der Waals surface area contributed by atoms with Crippen LogP contribution in [0.15, 0.2) is 17.2 Å². The van der Waals surface area contributed by atoms with E-state index in [2.05, 4.69) is 11.9 Å². The number of imidazole rings is 1. The monoisotopic (exact) mass is 260 g/mol. The highest BCUT2D eigenvalue weighted by Crippen LogP contribution is 2.24. The van der Waals surface area contributed by atoms with Crippen LogP contribution in [-0.2, 0) is 0 Å². The molecule has 2 rings (SSSR count). The van der Waals surface area contributed by atoms with Crippen LogP contribution in [0.2, 0.25) is 5.15 Å². The Bertz CT molecular complexity index is 492. The predicted molar refractivity (Wildman–Crippen MR) is 67.1 cm³/mol. The van der Waals surface area contributed by atoms with E-state index in [9.17, 15) is 0 Å². The van der Waals surface area contributed by atoms with Crippen LogP contribution in [0.3, 0.4) is 0 Å². The van der Waals surface area contributed by atoms with Gasteiger partial charge >= 0.3 is 0 Å². The van der Waals surface area contributed by atoms with E-state index in [0.29, 0.717) is 11.0 Å². The number of hydrogen-bond acceptors (Lipinski definition) is 2. The fourth-order valence-corrected chi connectivity index (χ4v) is 2.60. The number of aromatic nitrogens is 2. The molecule has 0 atom stereocenters. The summed E-state index contributed by atoms with van der Waals surface area (Å²) in [5.41, 5.74) is 2.08. The Hall–Kier alpha value is -0.510. The summed E-state index contributed by atoms with van der Waals surface area (Å²) in [6.07, 6.45) is 4.91. The number of hydrogen-bond donors (Lipinski definition) is 0. The highest BCUT2D eigenvalue weighted by molar-refractivity contribution is 7.15. The van der Waals surface area contributed by atoms with Gasteiger partial charge in [0.25, 0.3) is 0 Å². The second-order valence-electron chi connectivity index (χ2n) is 3.13. The van der Waals surface area contributed by atoms with Gasteiger partial charge in [0.2, 0.25) is 0 Å². The number of fused-ring (bicyclic) bond motifs is 1. The van der Waals surface area contributed by atoms with Crippen molar-refractivity contribution in [3.8, 4) is 0 Å². The Morgan fingerprint density at radius 2 is 2.47 bits per heavy atom. The molecule has 0 aliphatic rings. The van der Waals surface area contributed by atoms with E-state index in [1.165, 1.54) is 0 Å². The number of thiazole rings is 1. The van der Waals surface area contributed by atoms with Gasteiger partial charge in [0.05, 0.1) is 5.69 Å². The van der Waals surface area contributed by atoms with Crippen LogP contribution in [0.4, 0.5) is 0 Å². The first-order valence-corrected chi connectivity index (χ1v) is 6.42. The largest absolute Gasteiger partial charge is 0.289 e. The van der Waals surface area contributed by atoms with Gasteiger partial charge in [-0.25, -0.2) is 4.98 Å². The molecular weight excluding hydrogens is 251 g/mol. The molecule has 0 aliphatic carbocycles. The van der Waals surface area contributed by atoms with Crippen molar-refractivity contribution in [3.63, 3.8) is 0 Å². The minimum Gasteiger partial charge on any atom is -0.289 e. The maximum Gasteiger partial charge on any atom is 0.195 e. The Labute approximate surface area is 102 Å². The van der Waals surface area contributed by atoms with Gasteiger partial charge in [-0.2, -0.15) is 0 Å². The average molecular weight is 261 g/mol. The molecule has 5 heteroatoms. The zero-order chi connectivity index (χ0) is 10.8. The summed E-state index contributed by atoms with van der Waals surface area (Å²) in [4.78, 5) is 5.17. The van der Waals surface area contributed by atoms with E-state index in [1.54, 1.807) is 11.3 Å². The highest BCUT2D eigenvalue weighted by atomic mass is 35.5. The molecule has 80 valence electrons. The highest BCUT2D eigenvalue weighted by Gasteiger charge is 2.09. The normalized spacial score (nSPS) is 12.6. The molecule has 0 unspecified atom stereocenters. The fraction of sp³-hybridized carbons (Fsp3) is 0.300. The van der Waals surface area contributed by atoms with Gasteiger partial charge < -0.3 is 0 Å². The minimum absolute atomic E-state index is 0.532. The summed E-state index contributed by atoms with van der Waals surface area (Å²) >= 11 is 13.4. The summed E-state index contributed by atoms with van der Waals surface area (Å²) in [6, 6.07) is 0. The summed E-state index contributed by atoms with van der Waals surface area (Å²) in [5, 5.41) is 2.53. The molecule has 2 aromatic rings. The molecule has 0 radical (unpaired) electrons.